The third-order valence-electron chi connectivity index (χ3n) is 4.06. The van der Waals surface area contributed by atoms with E-state index in [1.54, 1.807) is 30.3 Å². The van der Waals surface area contributed by atoms with Gasteiger partial charge in [-0.1, -0.05) is 18.2 Å². The van der Waals surface area contributed by atoms with E-state index < -0.39 is 6.10 Å². The van der Waals surface area contributed by atoms with E-state index in [-0.39, 0.29) is 29.3 Å². The van der Waals surface area contributed by atoms with Crippen LogP contribution in [0, 0.1) is 0 Å². The predicted molar refractivity (Wildman–Crippen MR) is 93.5 cm³/mol. The van der Waals surface area contributed by atoms with E-state index in [9.17, 15) is 15.0 Å². The third-order valence-corrected chi connectivity index (χ3v) is 4.06. The fourth-order valence-electron chi connectivity index (χ4n) is 2.79. The number of carbonyl (C=O) groups is 1. The Morgan fingerprint density at radius 2 is 2.00 bits per heavy atom. The highest BCUT2D eigenvalue weighted by atomic mass is 16.5. The van der Waals surface area contributed by atoms with Crippen LogP contribution in [0.25, 0.3) is 0 Å². The molecule has 0 saturated heterocycles. The smallest absolute Gasteiger partial charge is 0.174 e. The van der Waals surface area contributed by atoms with E-state index >= 15 is 0 Å². The minimum Gasteiger partial charge on any atom is -0.508 e. The molecule has 130 valence electrons. The van der Waals surface area contributed by atoms with Crippen LogP contribution in [0.15, 0.2) is 49.1 Å². The SMILES string of the molecule is C=CCCCOc1cc(O)c2c(c1)OC(c1ccc(O)cc1)CC2=O. The average molecular weight is 340 g/mol. The summed E-state index contributed by atoms with van der Waals surface area (Å²) in [7, 11) is 0. The van der Waals surface area contributed by atoms with Crippen molar-refractivity contribution in [2.24, 2.45) is 0 Å². The summed E-state index contributed by atoms with van der Waals surface area (Å²) in [5, 5.41) is 19.6. The number of hydrogen-bond donors (Lipinski definition) is 2. The van der Waals surface area contributed by atoms with Crippen LogP contribution in [0.3, 0.4) is 0 Å². The Hall–Kier alpha value is -2.95. The summed E-state index contributed by atoms with van der Waals surface area (Å²) >= 11 is 0. The van der Waals surface area contributed by atoms with Gasteiger partial charge in [-0.15, -0.1) is 6.58 Å². The van der Waals surface area contributed by atoms with Gasteiger partial charge in [-0.05, 0) is 30.5 Å². The van der Waals surface area contributed by atoms with E-state index in [0.717, 1.165) is 18.4 Å². The molecule has 0 aliphatic carbocycles. The highest BCUT2D eigenvalue weighted by Gasteiger charge is 2.30. The number of hydrogen-bond acceptors (Lipinski definition) is 5. The van der Waals surface area contributed by atoms with Crippen molar-refractivity contribution in [2.45, 2.75) is 25.4 Å². The van der Waals surface area contributed by atoms with Gasteiger partial charge in [0, 0.05) is 12.1 Å². The number of phenolic OH excluding ortho intramolecular Hbond substituents is 2. The summed E-state index contributed by atoms with van der Waals surface area (Å²) in [5.41, 5.74) is 0.974. The maximum Gasteiger partial charge on any atom is 0.174 e. The van der Waals surface area contributed by atoms with Gasteiger partial charge in [-0.2, -0.15) is 0 Å². The van der Waals surface area contributed by atoms with Gasteiger partial charge >= 0.3 is 0 Å². The Kier molecular flexibility index (Phi) is 4.93. The minimum atomic E-state index is -0.462. The Labute approximate surface area is 146 Å². The summed E-state index contributed by atoms with van der Waals surface area (Å²) in [6.45, 7) is 4.14. The molecule has 1 aliphatic heterocycles. The van der Waals surface area contributed by atoms with Gasteiger partial charge in [0.25, 0.3) is 0 Å². The molecule has 0 radical (unpaired) electrons. The second kappa shape index (κ2) is 7.30. The zero-order chi connectivity index (χ0) is 17.8. The van der Waals surface area contributed by atoms with E-state index in [1.807, 2.05) is 6.08 Å². The molecular formula is C20H20O5. The van der Waals surface area contributed by atoms with Gasteiger partial charge in [0.05, 0.1) is 13.0 Å². The van der Waals surface area contributed by atoms with Crippen molar-refractivity contribution >= 4 is 5.78 Å². The van der Waals surface area contributed by atoms with Crippen LogP contribution in [0.4, 0.5) is 0 Å². The maximum absolute atomic E-state index is 12.4. The molecule has 5 nitrogen and oxygen atoms in total. The number of phenols is 2. The molecule has 1 atom stereocenters. The van der Waals surface area contributed by atoms with Crippen molar-refractivity contribution in [3.63, 3.8) is 0 Å². The molecule has 0 fully saturated rings. The van der Waals surface area contributed by atoms with Crippen LogP contribution in [0.1, 0.15) is 41.3 Å². The van der Waals surface area contributed by atoms with E-state index in [0.29, 0.717) is 18.1 Å². The Morgan fingerprint density at radius 1 is 1.24 bits per heavy atom. The minimum absolute atomic E-state index is 0.130. The Morgan fingerprint density at radius 3 is 2.72 bits per heavy atom. The van der Waals surface area contributed by atoms with Crippen LogP contribution >= 0.6 is 0 Å². The largest absolute Gasteiger partial charge is 0.508 e. The summed E-state index contributed by atoms with van der Waals surface area (Å²) in [6, 6.07) is 9.61. The Balaban J connectivity index is 1.82. The number of ketones is 1. The van der Waals surface area contributed by atoms with E-state index in [2.05, 4.69) is 6.58 Å². The summed E-state index contributed by atoms with van der Waals surface area (Å²) < 4.78 is 11.5. The zero-order valence-electron chi connectivity index (χ0n) is 13.8. The lowest BCUT2D eigenvalue weighted by Gasteiger charge is -2.26. The molecule has 1 unspecified atom stereocenters. The van der Waals surface area contributed by atoms with E-state index in [1.165, 1.54) is 6.07 Å². The fourth-order valence-corrected chi connectivity index (χ4v) is 2.79. The number of benzene rings is 2. The first-order valence-electron chi connectivity index (χ1n) is 8.18. The topological polar surface area (TPSA) is 76.0 Å². The molecule has 0 aromatic heterocycles. The maximum atomic E-state index is 12.4. The van der Waals surface area contributed by atoms with Gasteiger partial charge in [0.2, 0.25) is 0 Å². The number of fused-ring (bicyclic) bond motifs is 1. The van der Waals surface area contributed by atoms with Gasteiger partial charge in [-0.3, -0.25) is 4.79 Å². The molecule has 2 N–H and O–H groups in total. The number of ether oxygens (including phenoxy) is 2. The highest BCUT2D eigenvalue weighted by Crippen LogP contribution is 2.42. The van der Waals surface area contributed by atoms with E-state index in [4.69, 9.17) is 9.47 Å². The van der Waals surface area contributed by atoms with Crippen molar-refractivity contribution in [3.8, 4) is 23.0 Å². The molecule has 0 bridgehead atoms. The number of aromatic hydroxyl groups is 2. The first-order chi connectivity index (χ1) is 12.1. The summed E-state index contributed by atoms with van der Waals surface area (Å²) in [4.78, 5) is 12.4. The molecule has 2 aromatic rings. The number of Topliss-reactive ketones (excluding diaryl/α,β-unsaturated/α-hetero) is 1. The van der Waals surface area contributed by atoms with Crippen molar-refractivity contribution < 1.29 is 24.5 Å². The zero-order valence-corrected chi connectivity index (χ0v) is 13.8. The standard InChI is InChI=1S/C20H20O5/c1-2-3-4-9-24-15-10-16(22)20-17(23)12-18(25-19(20)11-15)13-5-7-14(21)8-6-13/h2,5-8,10-11,18,21-22H,1,3-4,9,12H2. The van der Waals surface area contributed by atoms with Crippen LogP contribution in [0.5, 0.6) is 23.0 Å². The molecular weight excluding hydrogens is 320 g/mol. The first-order valence-corrected chi connectivity index (χ1v) is 8.18. The predicted octanol–water partition coefficient (Wildman–Crippen LogP) is 4.15. The molecule has 3 rings (SSSR count). The number of carbonyl (C=O) groups excluding carboxylic acids is 1. The first kappa shape index (κ1) is 16.9. The van der Waals surface area contributed by atoms with Crippen molar-refractivity contribution in [1.82, 2.24) is 0 Å². The second-order valence-corrected chi connectivity index (χ2v) is 5.92. The lowest BCUT2D eigenvalue weighted by atomic mass is 9.95. The second-order valence-electron chi connectivity index (χ2n) is 5.92. The highest BCUT2D eigenvalue weighted by molar-refractivity contribution is 6.02. The summed E-state index contributed by atoms with van der Waals surface area (Å²) in [6.07, 6.45) is 3.14. The number of rotatable bonds is 6. The molecule has 0 amide bonds. The number of unbranched alkanes of at least 4 members (excludes halogenated alkanes) is 1. The number of allylic oxidation sites excluding steroid dienone is 1. The van der Waals surface area contributed by atoms with Gasteiger partial charge in [0.15, 0.2) is 5.78 Å². The average Bonchev–Trinajstić information content (AvgIpc) is 2.58. The molecule has 1 aliphatic rings. The molecule has 25 heavy (non-hydrogen) atoms. The van der Waals surface area contributed by atoms with Gasteiger partial charge in [-0.25, -0.2) is 0 Å². The normalized spacial score (nSPS) is 16.0. The lowest BCUT2D eigenvalue weighted by Crippen LogP contribution is -2.20. The summed E-state index contributed by atoms with van der Waals surface area (Å²) in [5.74, 6) is 0.604. The lowest BCUT2D eigenvalue weighted by molar-refractivity contribution is 0.0844. The molecule has 2 aromatic carbocycles. The molecule has 0 spiro atoms. The molecule has 0 saturated carbocycles. The van der Waals surface area contributed by atoms with Crippen LogP contribution in [-0.4, -0.2) is 22.6 Å². The van der Waals surface area contributed by atoms with Crippen molar-refractivity contribution in [1.29, 1.82) is 0 Å². The van der Waals surface area contributed by atoms with Crippen molar-refractivity contribution in [2.75, 3.05) is 6.61 Å². The van der Waals surface area contributed by atoms with Gasteiger partial charge < -0.3 is 19.7 Å². The van der Waals surface area contributed by atoms with Crippen LogP contribution in [0.2, 0.25) is 0 Å². The van der Waals surface area contributed by atoms with Gasteiger partial charge in [0.1, 0.15) is 34.7 Å². The monoisotopic (exact) mass is 340 g/mol. The fraction of sp³-hybridized carbons (Fsp3) is 0.250. The molecule has 1 heterocycles. The quantitative estimate of drug-likeness (QED) is 0.610. The Bertz CT molecular complexity index is 779. The van der Waals surface area contributed by atoms with Crippen molar-refractivity contribution in [3.05, 3.63) is 60.2 Å². The molecule has 5 heteroatoms. The van der Waals surface area contributed by atoms with Crippen LogP contribution < -0.4 is 9.47 Å². The third kappa shape index (κ3) is 3.76. The van der Waals surface area contributed by atoms with Crippen LogP contribution in [-0.2, 0) is 0 Å².